The van der Waals surface area contributed by atoms with Gasteiger partial charge in [0.1, 0.15) is 5.69 Å². The number of likely N-dealkylation sites (N-methyl/N-ethyl adjacent to an activating group) is 1. The standard InChI is InChI=1S/C21H26N4O2/c1-15(26)25-11-4-5-17-13-16(7-9-20(17)25)18-6-8-19(23-14-18)21(27)22-10-12-24(2)3/h6-9,13-14H,4-5,10-12H2,1-3H3,(H,22,27). The highest BCUT2D eigenvalue weighted by molar-refractivity contribution is 5.94. The van der Waals surface area contributed by atoms with Gasteiger partial charge in [-0.3, -0.25) is 14.6 Å². The maximum Gasteiger partial charge on any atom is 0.269 e. The van der Waals surface area contributed by atoms with E-state index in [0.717, 1.165) is 42.7 Å². The summed E-state index contributed by atoms with van der Waals surface area (Å²) >= 11 is 0. The van der Waals surface area contributed by atoms with Crippen LogP contribution in [0.2, 0.25) is 0 Å². The lowest BCUT2D eigenvalue weighted by molar-refractivity contribution is -0.116. The monoisotopic (exact) mass is 366 g/mol. The number of hydrogen-bond donors (Lipinski definition) is 1. The van der Waals surface area contributed by atoms with E-state index in [4.69, 9.17) is 0 Å². The third kappa shape index (κ3) is 4.52. The topological polar surface area (TPSA) is 65.5 Å². The summed E-state index contributed by atoms with van der Waals surface area (Å²) in [4.78, 5) is 32.1. The molecule has 1 aliphatic heterocycles. The molecule has 1 N–H and O–H groups in total. The lowest BCUT2D eigenvalue weighted by Crippen LogP contribution is -2.33. The van der Waals surface area contributed by atoms with Gasteiger partial charge in [-0.15, -0.1) is 0 Å². The molecule has 3 rings (SSSR count). The first-order chi connectivity index (χ1) is 13.0. The van der Waals surface area contributed by atoms with Crippen LogP contribution < -0.4 is 10.2 Å². The molecule has 27 heavy (non-hydrogen) atoms. The number of nitrogens with one attached hydrogen (secondary N) is 1. The van der Waals surface area contributed by atoms with Crippen LogP contribution in [0.25, 0.3) is 11.1 Å². The fraction of sp³-hybridized carbons (Fsp3) is 0.381. The Morgan fingerprint density at radius 1 is 1.19 bits per heavy atom. The lowest BCUT2D eigenvalue weighted by Gasteiger charge is -2.29. The fourth-order valence-corrected chi connectivity index (χ4v) is 3.29. The van der Waals surface area contributed by atoms with Gasteiger partial charge in [0.25, 0.3) is 5.91 Å². The molecular formula is C21H26N4O2. The molecule has 2 amide bonds. The molecule has 0 fully saturated rings. The number of carbonyl (C=O) groups is 2. The molecule has 0 radical (unpaired) electrons. The number of hydrogen-bond acceptors (Lipinski definition) is 4. The van der Waals surface area contributed by atoms with E-state index in [-0.39, 0.29) is 11.8 Å². The largest absolute Gasteiger partial charge is 0.349 e. The zero-order chi connectivity index (χ0) is 19.4. The minimum Gasteiger partial charge on any atom is -0.349 e. The number of aromatic nitrogens is 1. The molecule has 0 unspecified atom stereocenters. The van der Waals surface area contributed by atoms with E-state index in [1.807, 2.05) is 42.1 Å². The summed E-state index contributed by atoms with van der Waals surface area (Å²) in [6.45, 7) is 3.76. The summed E-state index contributed by atoms with van der Waals surface area (Å²) < 4.78 is 0. The van der Waals surface area contributed by atoms with Gasteiger partial charge in [0.2, 0.25) is 5.91 Å². The van der Waals surface area contributed by atoms with Crippen LogP contribution in [-0.4, -0.2) is 55.4 Å². The molecule has 0 spiro atoms. The summed E-state index contributed by atoms with van der Waals surface area (Å²) in [5.74, 6) is -0.0825. The van der Waals surface area contributed by atoms with Gasteiger partial charge in [-0.1, -0.05) is 12.1 Å². The van der Waals surface area contributed by atoms with Crippen LogP contribution in [0.15, 0.2) is 36.5 Å². The van der Waals surface area contributed by atoms with Crippen molar-refractivity contribution in [1.29, 1.82) is 0 Å². The van der Waals surface area contributed by atoms with E-state index in [1.54, 1.807) is 19.2 Å². The molecule has 0 bridgehead atoms. The quantitative estimate of drug-likeness (QED) is 0.882. The normalized spacial score (nSPS) is 13.4. The van der Waals surface area contributed by atoms with Crippen molar-refractivity contribution in [2.75, 3.05) is 38.6 Å². The van der Waals surface area contributed by atoms with E-state index in [2.05, 4.69) is 16.4 Å². The zero-order valence-corrected chi connectivity index (χ0v) is 16.2. The van der Waals surface area contributed by atoms with Crippen LogP contribution in [-0.2, 0) is 11.2 Å². The van der Waals surface area contributed by atoms with Gasteiger partial charge in [0, 0.05) is 44.0 Å². The average Bonchev–Trinajstić information content (AvgIpc) is 2.66. The lowest BCUT2D eigenvalue weighted by atomic mass is 9.96. The van der Waals surface area contributed by atoms with Crippen LogP contribution in [0.5, 0.6) is 0 Å². The van der Waals surface area contributed by atoms with Crippen molar-refractivity contribution >= 4 is 17.5 Å². The predicted molar refractivity (Wildman–Crippen MR) is 107 cm³/mol. The Morgan fingerprint density at radius 2 is 1.96 bits per heavy atom. The molecule has 0 saturated heterocycles. The summed E-state index contributed by atoms with van der Waals surface area (Å²) in [6.07, 6.45) is 3.67. The fourth-order valence-electron chi connectivity index (χ4n) is 3.29. The Hall–Kier alpha value is -2.73. The molecule has 0 atom stereocenters. The molecule has 6 nitrogen and oxygen atoms in total. The SMILES string of the molecule is CC(=O)N1CCCc2cc(-c3ccc(C(=O)NCCN(C)C)nc3)ccc21. The highest BCUT2D eigenvalue weighted by Gasteiger charge is 2.20. The minimum absolute atomic E-state index is 0.0787. The van der Waals surface area contributed by atoms with Crippen molar-refractivity contribution in [1.82, 2.24) is 15.2 Å². The van der Waals surface area contributed by atoms with Crippen LogP contribution in [0, 0.1) is 0 Å². The molecule has 142 valence electrons. The number of rotatable bonds is 5. The van der Waals surface area contributed by atoms with E-state index in [1.165, 1.54) is 5.56 Å². The van der Waals surface area contributed by atoms with Gasteiger partial charge in [-0.05, 0) is 56.3 Å². The Kier molecular flexibility index (Phi) is 5.86. The van der Waals surface area contributed by atoms with Crippen LogP contribution in [0.4, 0.5) is 5.69 Å². The number of benzene rings is 1. The molecule has 0 saturated carbocycles. The second kappa shape index (κ2) is 8.31. The highest BCUT2D eigenvalue weighted by Crippen LogP contribution is 2.31. The number of carbonyl (C=O) groups excluding carboxylic acids is 2. The van der Waals surface area contributed by atoms with Gasteiger partial charge in [0.05, 0.1) is 0 Å². The van der Waals surface area contributed by atoms with Crippen LogP contribution in [0.1, 0.15) is 29.4 Å². The van der Waals surface area contributed by atoms with Gasteiger partial charge in [0.15, 0.2) is 0 Å². The van der Waals surface area contributed by atoms with Crippen molar-refractivity contribution in [2.24, 2.45) is 0 Å². The third-order valence-corrected chi connectivity index (χ3v) is 4.75. The second-order valence-electron chi connectivity index (χ2n) is 7.11. The molecular weight excluding hydrogens is 340 g/mol. The number of nitrogens with zero attached hydrogens (tertiary/aromatic N) is 3. The van der Waals surface area contributed by atoms with Gasteiger partial charge in [-0.2, -0.15) is 0 Å². The molecule has 0 aliphatic carbocycles. The summed E-state index contributed by atoms with van der Waals surface area (Å²) in [5.41, 5.74) is 4.61. The molecule has 2 heterocycles. The average molecular weight is 366 g/mol. The smallest absolute Gasteiger partial charge is 0.269 e. The van der Waals surface area contributed by atoms with Gasteiger partial charge >= 0.3 is 0 Å². The van der Waals surface area contributed by atoms with Crippen molar-refractivity contribution in [2.45, 2.75) is 19.8 Å². The zero-order valence-electron chi connectivity index (χ0n) is 16.2. The molecule has 1 aromatic heterocycles. The number of pyridine rings is 1. The third-order valence-electron chi connectivity index (χ3n) is 4.75. The molecule has 1 aromatic carbocycles. The van der Waals surface area contributed by atoms with Gasteiger partial charge in [-0.25, -0.2) is 0 Å². The number of fused-ring (bicyclic) bond motifs is 1. The number of anilines is 1. The second-order valence-corrected chi connectivity index (χ2v) is 7.11. The minimum atomic E-state index is -0.161. The van der Waals surface area contributed by atoms with E-state index in [9.17, 15) is 9.59 Å². The van der Waals surface area contributed by atoms with Crippen LogP contribution in [0.3, 0.4) is 0 Å². The molecule has 6 heteroatoms. The van der Waals surface area contributed by atoms with E-state index >= 15 is 0 Å². The summed E-state index contributed by atoms with van der Waals surface area (Å²) in [7, 11) is 3.93. The molecule has 2 aromatic rings. The Labute approximate surface area is 160 Å². The maximum atomic E-state index is 12.1. The first kappa shape index (κ1) is 19.0. The van der Waals surface area contributed by atoms with Crippen molar-refractivity contribution in [3.05, 3.63) is 47.8 Å². The van der Waals surface area contributed by atoms with Crippen molar-refractivity contribution < 1.29 is 9.59 Å². The first-order valence-corrected chi connectivity index (χ1v) is 9.26. The Bertz CT molecular complexity index is 831. The number of aryl methyl sites for hydroxylation is 1. The van der Waals surface area contributed by atoms with E-state index < -0.39 is 0 Å². The van der Waals surface area contributed by atoms with Gasteiger partial charge < -0.3 is 15.1 Å². The maximum absolute atomic E-state index is 12.1. The summed E-state index contributed by atoms with van der Waals surface area (Å²) in [5, 5.41) is 2.87. The molecule has 1 aliphatic rings. The Balaban J connectivity index is 1.74. The first-order valence-electron chi connectivity index (χ1n) is 9.26. The highest BCUT2D eigenvalue weighted by atomic mass is 16.2. The van der Waals surface area contributed by atoms with Crippen LogP contribution >= 0.6 is 0 Å². The van der Waals surface area contributed by atoms with E-state index in [0.29, 0.717) is 12.2 Å². The Morgan fingerprint density at radius 3 is 2.63 bits per heavy atom. The van der Waals surface area contributed by atoms with Crippen molar-refractivity contribution in [3.8, 4) is 11.1 Å². The number of amides is 2. The van der Waals surface area contributed by atoms with Crippen molar-refractivity contribution in [3.63, 3.8) is 0 Å². The summed E-state index contributed by atoms with van der Waals surface area (Å²) in [6, 6.07) is 9.81. The predicted octanol–water partition coefficient (Wildman–Crippen LogP) is 2.34.